The topological polar surface area (TPSA) is 19.9 Å². The monoisotopic (exact) mass is 138 g/mol. The van der Waals surface area contributed by atoms with E-state index in [1.165, 1.54) is 0 Å². The van der Waals surface area contributed by atoms with Crippen LogP contribution < -0.4 is 0 Å². The van der Waals surface area contributed by atoms with Gasteiger partial charge in [-0.15, -0.1) is 0 Å². The molecular weight excluding hydrogens is 133 g/mol. The van der Waals surface area contributed by atoms with E-state index in [0.29, 0.717) is 0 Å². The molecule has 0 amide bonds. The number of hydrogen-bond donors (Lipinski definition) is 0. The van der Waals surface area contributed by atoms with Crippen LogP contribution in [0.4, 0.5) is 0 Å². The van der Waals surface area contributed by atoms with Gasteiger partial charge in [-0.25, -0.2) is 5.11 Å². The molecule has 0 atom stereocenters. The van der Waals surface area contributed by atoms with Crippen molar-refractivity contribution in [1.29, 1.82) is 0 Å². The van der Waals surface area contributed by atoms with Crippen LogP contribution in [-0.2, 0) is 27.5 Å². The van der Waals surface area contributed by atoms with Crippen molar-refractivity contribution < 1.29 is 27.5 Å². The molecule has 0 aliphatic carbocycles. The minimum absolute atomic E-state index is 0. The van der Waals surface area contributed by atoms with Gasteiger partial charge in [0.2, 0.25) is 0 Å². The molecule has 0 fully saturated rings. The van der Waals surface area contributed by atoms with Crippen LogP contribution in [0.15, 0.2) is 0 Å². The number of hydrogen-bond acceptors (Lipinski definition) is 0. The van der Waals surface area contributed by atoms with Crippen LogP contribution in [0.5, 0.6) is 0 Å². The Morgan fingerprint density at radius 2 is 1.75 bits per heavy atom. The quantitative estimate of drug-likeness (QED) is 0.432. The Balaban J connectivity index is 0. The molecule has 0 unspecified atom stereocenters. The van der Waals surface area contributed by atoms with Gasteiger partial charge < -0.3 is 0 Å². The van der Waals surface area contributed by atoms with E-state index in [-0.39, 0.29) is 29.0 Å². The molecule has 0 spiro atoms. The first-order valence-corrected chi connectivity index (χ1v) is 0.996. The fraction of sp³-hybridized carbons (Fsp3) is 1.00. The van der Waals surface area contributed by atoms with E-state index in [1.807, 2.05) is 0 Å². The molecule has 0 saturated carbocycles. The molecule has 0 aliphatic heterocycles. The summed E-state index contributed by atoms with van der Waals surface area (Å²) in [5.74, 6) is 0. The molecule has 0 aromatic heterocycles. The van der Waals surface area contributed by atoms with Crippen LogP contribution >= 0.6 is 0 Å². The predicted octanol–water partition coefficient (Wildman–Crippen LogP) is 0.434. The van der Waals surface area contributed by atoms with Crippen LogP contribution in [0.3, 0.4) is 0 Å². The molecule has 2 heteroatoms. The van der Waals surface area contributed by atoms with Gasteiger partial charge in [0, 0.05) is 22.4 Å². The van der Waals surface area contributed by atoms with E-state index in [0.717, 1.165) is 0 Å². The SMILES string of the molecule is CC[O].[Nb]. The molecule has 0 N–H and O–H groups in total. The molecule has 4 heavy (non-hydrogen) atoms. The van der Waals surface area contributed by atoms with Gasteiger partial charge in [0.15, 0.2) is 0 Å². The summed E-state index contributed by atoms with van der Waals surface area (Å²) in [5.41, 5.74) is 0. The van der Waals surface area contributed by atoms with Crippen molar-refractivity contribution in [2.75, 3.05) is 6.61 Å². The molecule has 1 nitrogen and oxygen atoms in total. The van der Waals surface area contributed by atoms with E-state index in [1.54, 1.807) is 6.92 Å². The van der Waals surface area contributed by atoms with Crippen LogP contribution in [0.1, 0.15) is 6.92 Å². The smallest absolute Gasteiger partial charge is 0.0794 e. The van der Waals surface area contributed by atoms with Gasteiger partial charge in [-0.3, -0.25) is 0 Å². The molecule has 2 radical (unpaired) electrons. The van der Waals surface area contributed by atoms with Crippen LogP contribution in [0.2, 0.25) is 0 Å². The minimum Gasteiger partial charge on any atom is -0.237 e. The average molecular weight is 138 g/mol. The zero-order valence-corrected chi connectivity index (χ0v) is 4.76. The Morgan fingerprint density at radius 3 is 1.75 bits per heavy atom. The van der Waals surface area contributed by atoms with Gasteiger partial charge in [0.1, 0.15) is 0 Å². The Labute approximate surface area is 41.5 Å². The van der Waals surface area contributed by atoms with Crippen molar-refractivity contribution in [3.63, 3.8) is 0 Å². The van der Waals surface area contributed by atoms with Crippen molar-refractivity contribution >= 4 is 0 Å². The second-order valence-electron chi connectivity index (χ2n) is 0.289. The second kappa shape index (κ2) is 9.33. The summed E-state index contributed by atoms with van der Waals surface area (Å²) >= 11 is 0. The summed E-state index contributed by atoms with van der Waals surface area (Å²) in [7, 11) is 0. The van der Waals surface area contributed by atoms with Crippen LogP contribution in [-0.4, -0.2) is 6.61 Å². The van der Waals surface area contributed by atoms with E-state index >= 15 is 0 Å². The molecular formula is C2H5NbO. The average Bonchev–Trinajstić information content (AvgIpc) is 0.918. The standard InChI is InChI=1S/C2H5O.Nb/c1-2-3;/h2H2,1H3;. The first-order chi connectivity index (χ1) is 1.41. The van der Waals surface area contributed by atoms with Gasteiger partial charge in [-0.2, -0.15) is 0 Å². The second-order valence-corrected chi connectivity index (χ2v) is 0.289. The van der Waals surface area contributed by atoms with Gasteiger partial charge >= 0.3 is 0 Å². The number of rotatable bonds is 0. The molecule has 0 aliphatic rings. The maximum atomic E-state index is 8.93. The molecule has 0 saturated heterocycles. The van der Waals surface area contributed by atoms with Crippen molar-refractivity contribution in [2.45, 2.75) is 6.92 Å². The summed E-state index contributed by atoms with van der Waals surface area (Å²) in [4.78, 5) is 0. The van der Waals surface area contributed by atoms with Crippen molar-refractivity contribution in [3.8, 4) is 0 Å². The Bertz CT molecular complexity index is 6.00. The van der Waals surface area contributed by atoms with Gasteiger partial charge in [0.05, 0.1) is 6.61 Å². The van der Waals surface area contributed by atoms with Gasteiger partial charge in [-0.05, 0) is 6.92 Å². The van der Waals surface area contributed by atoms with E-state index < -0.39 is 0 Å². The van der Waals surface area contributed by atoms with Crippen molar-refractivity contribution in [1.82, 2.24) is 0 Å². The first kappa shape index (κ1) is 8.83. The predicted molar refractivity (Wildman–Crippen MR) is 11.2 cm³/mol. The third kappa shape index (κ3) is 15.9. The fourth-order valence-electron chi connectivity index (χ4n) is 0. The summed E-state index contributed by atoms with van der Waals surface area (Å²) < 4.78 is 0. The zero-order valence-electron chi connectivity index (χ0n) is 2.56. The summed E-state index contributed by atoms with van der Waals surface area (Å²) in [6.07, 6.45) is 0. The summed E-state index contributed by atoms with van der Waals surface area (Å²) in [6, 6.07) is 0. The molecule has 0 aromatic carbocycles. The van der Waals surface area contributed by atoms with Crippen molar-refractivity contribution in [3.05, 3.63) is 0 Å². The van der Waals surface area contributed by atoms with Crippen LogP contribution in [0.25, 0.3) is 0 Å². The van der Waals surface area contributed by atoms with E-state index in [9.17, 15) is 0 Å². The van der Waals surface area contributed by atoms with E-state index in [4.69, 9.17) is 5.11 Å². The first-order valence-electron chi connectivity index (χ1n) is 0.996. The van der Waals surface area contributed by atoms with Crippen LogP contribution in [0, 0.1) is 0 Å². The Kier molecular flexibility index (Phi) is 20.6. The van der Waals surface area contributed by atoms with Gasteiger partial charge in [-0.1, -0.05) is 0 Å². The van der Waals surface area contributed by atoms with E-state index in [2.05, 4.69) is 0 Å². The normalized spacial score (nSPS) is 4.50. The molecule has 0 bridgehead atoms. The molecule has 0 heterocycles. The maximum Gasteiger partial charge on any atom is 0.0794 e. The molecule has 0 aromatic rings. The maximum absolute atomic E-state index is 8.93. The fourth-order valence-corrected chi connectivity index (χ4v) is 0. The van der Waals surface area contributed by atoms with Gasteiger partial charge in [0.25, 0.3) is 0 Å². The zero-order chi connectivity index (χ0) is 2.71. The Morgan fingerprint density at radius 1 is 1.75 bits per heavy atom. The third-order valence-electron chi connectivity index (χ3n) is 0. The summed E-state index contributed by atoms with van der Waals surface area (Å²) in [6.45, 7) is 1.57. The molecule has 24 valence electrons. The van der Waals surface area contributed by atoms with Crippen molar-refractivity contribution in [2.24, 2.45) is 0 Å². The third-order valence-corrected chi connectivity index (χ3v) is 0. The Hall–Kier alpha value is 0.700. The molecule has 0 rings (SSSR count). The minimum atomic E-state index is 0. The summed E-state index contributed by atoms with van der Waals surface area (Å²) in [5, 5.41) is 8.93. The largest absolute Gasteiger partial charge is 0.237 e.